The van der Waals surface area contributed by atoms with Crippen LogP contribution in [0, 0.1) is 5.82 Å². The quantitative estimate of drug-likeness (QED) is 0.537. The summed E-state index contributed by atoms with van der Waals surface area (Å²) < 4.78 is 82.1. The number of nitrogens with zero attached hydrogens (tertiary/aromatic N) is 2. The lowest BCUT2D eigenvalue weighted by atomic mass is 10.3. The van der Waals surface area contributed by atoms with Gasteiger partial charge in [0.15, 0.2) is 5.69 Å². The van der Waals surface area contributed by atoms with E-state index in [1.807, 2.05) is 0 Å². The number of benzene rings is 2. The number of alkyl halides is 3. The SMILES string of the molecule is CN(c1ccc(Oc2nc(C(F)(F)F)cs2)cc1)S(=O)(=O)c1ccc(F)cc1. The number of thiazole rings is 1. The van der Waals surface area contributed by atoms with E-state index in [1.165, 1.54) is 31.3 Å². The lowest BCUT2D eigenvalue weighted by Gasteiger charge is -2.19. The van der Waals surface area contributed by atoms with Crippen molar-refractivity contribution in [3.05, 3.63) is 65.4 Å². The molecule has 0 saturated heterocycles. The van der Waals surface area contributed by atoms with Gasteiger partial charge in [0.05, 0.1) is 10.6 Å². The molecule has 0 aliphatic carbocycles. The monoisotopic (exact) mass is 432 g/mol. The van der Waals surface area contributed by atoms with E-state index in [-0.39, 0.29) is 21.5 Å². The molecular formula is C17H12F4N2O3S2. The van der Waals surface area contributed by atoms with Crippen molar-refractivity contribution < 1.29 is 30.7 Å². The summed E-state index contributed by atoms with van der Waals surface area (Å²) in [6, 6.07) is 10.0. The van der Waals surface area contributed by atoms with E-state index < -0.39 is 27.7 Å². The zero-order chi connectivity index (χ0) is 20.5. The number of sulfonamides is 1. The molecule has 3 rings (SSSR count). The van der Waals surface area contributed by atoms with Crippen molar-refractivity contribution in [2.45, 2.75) is 11.1 Å². The van der Waals surface area contributed by atoms with E-state index in [0.29, 0.717) is 11.3 Å². The first-order chi connectivity index (χ1) is 13.1. The minimum absolute atomic E-state index is 0.0841. The van der Waals surface area contributed by atoms with Gasteiger partial charge in [0.1, 0.15) is 11.6 Å². The Labute approximate surface area is 161 Å². The molecule has 0 N–H and O–H groups in total. The van der Waals surface area contributed by atoms with Crippen molar-refractivity contribution >= 4 is 27.0 Å². The molecule has 0 fully saturated rings. The van der Waals surface area contributed by atoms with Crippen LogP contribution in [0.3, 0.4) is 0 Å². The van der Waals surface area contributed by atoms with Crippen molar-refractivity contribution in [1.29, 1.82) is 0 Å². The average molecular weight is 432 g/mol. The highest BCUT2D eigenvalue weighted by Crippen LogP contribution is 2.34. The van der Waals surface area contributed by atoms with Gasteiger partial charge in [-0.25, -0.2) is 12.8 Å². The zero-order valence-electron chi connectivity index (χ0n) is 14.1. The molecule has 0 bridgehead atoms. The number of ether oxygens (including phenoxy) is 1. The van der Waals surface area contributed by atoms with Crippen molar-refractivity contribution in [2.75, 3.05) is 11.4 Å². The number of hydrogen-bond acceptors (Lipinski definition) is 5. The van der Waals surface area contributed by atoms with Crippen LogP contribution in [0.2, 0.25) is 0 Å². The summed E-state index contributed by atoms with van der Waals surface area (Å²) in [5, 5.41) is 0.652. The van der Waals surface area contributed by atoms with Crippen LogP contribution in [0.1, 0.15) is 5.69 Å². The average Bonchev–Trinajstić information content (AvgIpc) is 3.11. The molecule has 148 valence electrons. The Morgan fingerprint density at radius 3 is 2.18 bits per heavy atom. The highest BCUT2D eigenvalue weighted by Gasteiger charge is 2.34. The van der Waals surface area contributed by atoms with E-state index in [9.17, 15) is 26.0 Å². The Morgan fingerprint density at radius 2 is 1.64 bits per heavy atom. The van der Waals surface area contributed by atoms with Crippen LogP contribution < -0.4 is 9.04 Å². The first kappa shape index (κ1) is 20.1. The predicted octanol–water partition coefficient (Wildman–Crippen LogP) is 4.92. The molecule has 0 atom stereocenters. The van der Waals surface area contributed by atoms with Gasteiger partial charge < -0.3 is 4.74 Å². The van der Waals surface area contributed by atoms with Gasteiger partial charge in [0.25, 0.3) is 15.2 Å². The molecular weight excluding hydrogens is 420 g/mol. The van der Waals surface area contributed by atoms with Crippen molar-refractivity contribution in [3.63, 3.8) is 0 Å². The van der Waals surface area contributed by atoms with Crippen molar-refractivity contribution in [1.82, 2.24) is 4.98 Å². The molecule has 0 amide bonds. The topological polar surface area (TPSA) is 59.5 Å². The van der Waals surface area contributed by atoms with Crippen LogP contribution in [0.4, 0.5) is 23.2 Å². The highest BCUT2D eigenvalue weighted by atomic mass is 32.2. The molecule has 0 spiro atoms. The standard InChI is InChI=1S/C17H12F4N2O3S2/c1-23(28(24,25)14-8-2-11(18)3-9-14)12-4-6-13(7-5-12)26-16-22-15(10-27-16)17(19,20)21/h2-10H,1H3. The maximum Gasteiger partial charge on any atom is 0.434 e. The molecule has 3 aromatic rings. The molecule has 28 heavy (non-hydrogen) atoms. The lowest BCUT2D eigenvalue weighted by Crippen LogP contribution is -2.26. The van der Waals surface area contributed by atoms with Crippen LogP contribution in [0.25, 0.3) is 0 Å². The van der Waals surface area contributed by atoms with Gasteiger partial charge in [-0.3, -0.25) is 4.31 Å². The number of hydrogen-bond donors (Lipinski definition) is 0. The molecule has 0 radical (unpaired) electrons. The van der Waals surface area contributed by atoms with Crippen LogP contribution in [-0.2, 0) is 16.2 Å². The Bertz CT molecular complexity index is 1060. The molecule has 0 aliphatic heterocycles. The number of rotatable bonds is 5. The fourth-order valence-corrected chi connectivity index (χ4v) is 4.05. The fourth-order valence-electron chi connectivity index (χ4n) is 2.16. The zero-order valence-corrected chi connectivity index (χ0v) is 15.8. The largest absolute Gasteiger partial charge is 0.434 e. The van der Waals surface area contributed by atoms with E-state index >= 15 is 0 Å². The second-order valence-corrected chi connectivity index (χ2v) is 8.31. The summed E-state index contributed by atoms with van der Waals surface area (Å²) in [5.41, 5.74) is -0.763. The fraction of sp³-hybridized carbons (Fsp3) is 0.118. The Morgan fingerprint density at radius 1 is 1.04 bits per heavy atom. The minimum atomic E-state index is -4.56. The first-order valence-electron chi connectivity index (χ1n) is 7.62. The van der Waals surface area contributed by atoms with E-state index in [4.69, 9.17) is 4.74 Å². The summed E-state index contributed by atoms with van der Waals surface area (Å²) in [5.74, 6) is -0.363. The summed E-state index contributed by atoms with van der Waals surface area (Å²) in [6.07, 6.45) is -4.56. The number of aromatic nitrogens is 1. The molecule has 0 unspecified atom stereocenters. The van der Waals surface area contributed by atoms with Gasteiger partial charge in [-0.05, 0) is 48.5 Å². The van der Waals surface area contributed by atoms with Gasteiger partial charge in [0, 0.05) is 12.4 Å². The van der Waals surface area contributed by atoms with Crippen LogP contribution >= 0.6 is 11.3 Å². The normalized spacial score (nSPS) is 12.0. The summed E-state index contributed by atoms with van der Waals surface area (Å²) >= 11 is 0.694. The molecule has 0 saturated carbocycles. The van der Waals surface area contributed by atoms with Crippen LogP contribution in [0.15, 0.2) is 58.8 Å². The van der Waals surface area contributed by atoms with Crippen LogP contribution in [-0.4, -0.2) is 20.4 Å². The second-order valence-electron chi connectivity index (χ2n) is 5.52. The molecule has 5 nitrogen and oxygen atoms in total. The number of halogens is 4. The lowest BCUT2D eigenvalue weighted by molar-refractivity contribution is -0.140. The van der Waals surface area contributed by atoms with Gasteiger partial charge >= 0.3 is 6.18 Å². The summed E-state index contributed by atoms with van der Waals surface area (Å²) in [6.45, 7) is 0. The van der Waals surface area contributed by atoms with E-state index in [1.54, 1.807) is 0 Å². The molecule has 1 aromatic heterocycles. The minimum Gasteiger partial charge on any atom is -0.431 e. The summed E-state index contributed by atoms with van der Waals surface area (Å²) in [7, 11) is -2.58. The first-order valence-corrected chi connectivity index (χ1v) is 9.94. The third-order valence-electron chi connectivity index (χ3n) is 3.65. The highest BCUT2D eigenvalue weighted by molar-refractivity contribution is 7.92. The second kappa shape index (κ2) is 7.40. The Balaban J connectivity index is 1.76. The predicted molar refractivity (Wildman–Crippen MR) is 95.6 cm³/mol. The smallest absolute Gasteiger partial charge is 0.431 e. The van der Waals surface area contributed by atoms with E-state index in [2.05, 4.69) is 4.98 Å². The van der Waals surface area contributed by atoms with Gasteiger partial charge in [-0.2, -0.15) is 18.2 Å². The van der Waals surface area contributed by atoms with Gasteiger partial charge in [-0.15, -0.1) is 0 Å². The number of anilines is 1. The van der Waals surface area contributed by atoms with Crippen LogP contribution in [0.5, 0.6) is 10.9 Å². The third-order valence-corrected chi connectivity index (χ3v) is 6.17. The Hall–Kier alpha value is -2.66. The maximum absolute atomic E-state index is 13.0. The van der Waals surface area contributed by atoms with Gasteiger partial charge in [-0.1, -0.05) is 11.3 Å². The maximum atomic E-state index is 13.0. The third kappa shape index (κ3) is 4.25. The summed E-state index contributed by atoms with van der Waals surface area (Å²) in [4.78, 5) is 3.27. The molecule has 1 heterocycles. The Kier molecular flexibility index (Phi) is 5.31. The molecule has 0 aliphatic rings. The van der Waals surface area contributed by atoms with Gasteiger partial charge in [0.2, 0.25) is 0 Å². The van der Waals surface area contributed by atoms with E-state index in [0.717, 1.165) is 34.0 Å². The molecule has 11 heteroatoms. The van der Waals surface area contributed by atoms with Crippen molar-refractivity contribution in [3.8, 4) is 10.9 Å². The van der Waals surface area contributed by atoms with Crippen molar-refractivity contribution in [2.24, 2.45) is 0 Å². The molecule has 2 aromatic carbocycles.